The molecule has 0 fully saturated rings. The summed E-state index contributed by atoms with van der Waals surface area (Å²) in [6.45, 7) is 0.147. The van der Waals surface area contributed by atoms with Gasteiger partial charge in [0.1, 0.15) is 6.42 Å². The molecule has 2 N–H and O–H groups in total. The lowest BCUT2D eigenvalue weighted by Gasteiger charge is -2.08. The lowest BCUT2D eigenvalue weighted by atomic mass is 10.2. The van der Waals surface area contributed by atoms with E-state index in [9.17, 15) is 22.8 Å². The molecule has 1 aromatic rings. The van der Waals surface area contributed by atoms with Gasteiger partial charge in [-0.1, -0.05) is 12.1 Å². The van der Waals surface area contributed by atoms with Gasteiger partial charge in [0.25, 0.3) is 0 Å². The first-order valence-corrected chi connectivity index (χ1v) is 5.43. The van der Waals surface area contributed by atoms with Crippen LogP contribution in [0.2, 0.25) is 0 Å². The molecule has 1 aromatic carbocycles. The molecule has 0 heterocycles. The van der Waals surface area contributed by atoms with E-state index in [4.69, 9.17) is 5.26 Å². The Morgan fingerprint density at radius 1 is 1.20 bits per heavy atom. The Hall–Kier alpha value is -2.56. The Morgan fingerprint density at radius 2 is 1.80 bits per heavy atom. The summed E-state index contributed by atoms with van der Waals surface area (Å²) >= 11 is 0. The molecule has 0 radical (unpaired) electrons. The first-order valence-electron chi connectivity index (χ1n) is 5.43. The number of anilines is 1. The maximum atomic E-state index is 12.0. The molecule has 8 heteroatoms. The topological polar surface area (TPSA) is 82.0 Å². The molecule has 5 nitrogen and oxygen atoms in total. The molecule has 0 saturated heterocycles. The molecule has 0 aliphatic heterocycles. The predicted octanol–water partition coefficient (Wildman–Crippen LogP) is 1.72. The molecular weight excluding hydrogens is 275 g/mol. The number of benzene rings is 1. The van der Waals surface area contributed by atoms with Gasteiger partial charge in [0, 0.05) is 12.2 Å². The lowest BCUT2D eigenvalue weighted by Crippen LogP contribution is -2.29. The number of alkyl halides is 3. The quantitative estimate of drug-likeness (QED) is 0.883. The normalized spacial score (nSPS) is 10.5. The SMILES string of the molecule is N#CCC(=O)NCc1ccc(NC(=O)C(F)(F)F)cc1. The summed E-state index contributed by atoms with van der Waals surface area (Å²) in [6.07, 6.45) is -5.20. The maximum Gasteiger partial charge on any atom is 0.471 e. The number of nitriles is 1. The molecule has 20 heavy (non-hydrogen) atoms. The molecule has 2 amide bonds. The molecule has 0 saturated carbocycles. The predicted molar refractivity (Wildman–Crippen MR) is 63.2 cm³/mol. The number of carbonyl (C=O) groups is 2. The standard InChI is InChI=1S/C12H10F3N3O2/c13-12(14,15)11(20)18-9-3-1-8(2-4-9)7-17-10(19)5-6-16/h1-4H,5,7H2,(H,17,19)(H,18,20). The van der Waals surface area contributed by atoms with Crippen LogP contribution in [0.1, 0.15) is 12.0 Å². The maximum absolute atomic E-state index is 12.0. The summed E-state index contributed by atoms with van der Waals surface area (Å²) in [4.78, 5) is 21.7. The fourth-order valence-electron chi connectivity index (χ4n) is 1.24. The van der Waals surface area contributed by atoms with Crippen molar-refractivity contribution in [2.45, 2.75) is 19.1 Å². The highest BCUT2D eigenvalue weighted by atomic mass is 19.4. The van der Waals surface area contributed by atoms with E-state index in [-0.39, 0.29) is 18.7 Å². The van der Waals surface area contributed by atoms with Crippen molar-refractivity contribution in [2.24, 2.45) is 0 Å². The average molecular weight is 285 g/mol. The summed E-state index contributed by atoms with van der Waals surface area (Å²) in [5, 5.41) is 12.4. The smallest absolute Gasteiger partial charge is 0.351 e. The van der Waals surface area contributed by atoms with E-state index in [0.29, 0.717) is 5.56 Å². The Morgan fingerprint density at radius 3 is 2.30 bits per heavy atom. The molecule has 0 aromatic heterocycles. The molecule has 0 atom stereocenters. The van der Waals surface area contributed by atoms with Gasteiger partial charge in [-0.2, -0.15) is 18.4 Å². The van der Waals surface area contributed by atoms with Gasteiger partial charge >= 0.3 is 12.1 Å². The Kier molecular flexibility index (Phi) is 5.08. The molecule has 0 bridgehead atoms. The summed E-state index contributed by atoms with van der Waals surface area (Å²) in [7, 11) is 0. The number of rotatable bonds is 4. The van der Waals surface area contributed by atoms with Crippen molar-refractivity contribution < 1.29 is 22.8 Å². The summed E-state index contributed by atoms with van der Waals surface area (Å²) in [6, 6.07) is 7.17. The summed E-state index contributed by atoms with van der Waals surface area (Å²) < 4.78 is 36.0. The molecule has 0 aliphatic carbocycles. The van der Waals surface area contributed by atoms with Crippen LogP contribution in [0.15, 0.2) is 24.3 Å². The highest BCUT2D eigenvalue weighted by Gasteiger charge is 2.38. The second-order valence-corrected chi connectivity index (χ2v) is 3.76. The minimum absolute atomic E-state index is 0.000531. The minimum atomic E-state index is -4.94. The number of hydrogen-bond donors (Lipinski definition) is 2. The Balaban J connectivity index is 2.55. The molecule has 0 aliphatic rings. The van der Waals surface area contributed by atoms with Crippen molar-refractivity contribution in [3.8, 4) is 6.07 Å². The zero-order chi connectivity index (χ0) is 15.2. The average Bonchev–Trinajstić information content (AvgIpc) is 2.37. The van der Waals surface area contributed by atoms with Crippen LogP contribution in [-0.2, 0) is 16.1 Å². The number of amides is 2. The molecule has 106 valence electrons. The fraction of sp³-hybridized carbons (Fsp3) is 0.250. The van der Waals surface area contributed by atoms with E-state index < -0.39 is 18.0 Å². The van der Waals surface area contributed by atoms with Crippen molar-refractivity contribution in [3.05, 3.63) is 29.8 Å². The number of nitrogens with one attached hydrogen (secondary N) is 2. The van der Waals surface area contributed by atoms with Crippen molar-refractivity contribution in [2.75, 3.05) is 5.32 Å². The van der Waals surface area contributed by atoms with Gasteiger partial charge in [-0.3, -0.25) is 9.59 Å². The monoisotopic (exact) mass is 285 g/mol. The largest absolute Gasteiger partial charge is 0.471 e. The highest BCUT2D eigenvalue weighted by Crippen LogP contribution is 2.18. The number of carbonyl (C=O) groups excluding carboxylic acids is 2. The Bertz CT molecular complexity index is 532. The Labute approximate surface area is 112 Å². The van der Waals surface area contributed by atoms with Gasteiger partial charge in [0.15, 0.2) is 0 Å². The van der Waals surface area contributed by atoms with E-state index in [1.54, 1.807) is 11.4 Å². The molecular formula is C12H10F3N3O2. The fourth-order valence-corrected chi connectivity index (χ4v) is 1.24. The van der Waals surface area contributed by atoms with Gasteiger partial charge < -0.3 is 10.6 Å². The van der Waals surface area contributed by atoms with E-state index in [1.165, 1.54) is 24.3 Å². The minimum Gasteiger partial charge on any atom is -0.351 e. The van der Waals surface area contributed by atoms with Crippen LogP contribution in [-0.4, -0.2) is 18.0 Å². The van der Waals surface area contributed by atoms with Crippen molar-refractivity contribution in [3.63, 3.8) is 0 Å². The molecule has 1 rings (SSSR count). The van der Waals surface area contributed by atoms with Gasteiger partial charge in [-0.05, 0) is 17.7 Å². The highest BCUT2D eigenvalue weighted by molar-refractivity contribution is 5.94. The first kappa shape index (κ1) is 15.5. The van der Waals surface area contributed by atoms with Crippen molar-refractivity contribution >= 4 is 17.5 Å². The zero-order valence-corrected chi connectivity index (χ0v) is 10.1. The third-order valence-corrected chi connectivity index (χ3v) is 2.20. The number of halogens is 3. The van der Waals surface area contributed by atoms with E-state index in [2.05, 4.69) is 5.32 Å². The molecule has 0 unspecified atom stereocenters. The van der Waals surface area contributed by atoms with Crippen molar-refractivity contribution in [1.82, 2.24) is 5.32 Å². The lowest BCUT2D eigenvalue weighted by molar-refractivity contribution is -0.167. The van der Waals surface area contributed by atoms with Gasteiger partial charge in [0.2, 0.25) is 5.91 Å². The van der Waals surface area contributed by atoms with Gasteiger partial charge in [0.05, 0.1) is 6.07 Å². The molecule has 0 spiro atoms. The zero-order valence-electron chi connectivity index (χ0n) is 10.1. The van der Waals surface area contributed by atoms with Crippen molar-refractivity contribution in [1.29, 1.82) is 5.26 Å². The van der Waals surface area contributed by atoms with Crippen LogP contribution in [0.3, 0.4) is 0 Å². The van der Waals surface area contributed by atoms with Crippen LogP contribution in [0.25, 0.3) is 0 Å². The van der Waals surface area contributed by atoms with E-state index in [0.717, 1.165) is 0 Å². The first-order chi connectivity index (χ1) is 9.32. The van der Waals surface area contributed by atoms with Gasteiger partial charge in [-0.15, -0.1) is 0 Å². The van der Waals surface area contributed by atoms with Crippen LogP contribution >= 0.6 is 0 Å². The van der Waals surface area contributed by atoms with E-state index in [1.807, 2.05) is 0 Å². The summed E-state index contributed by atoms with van der Waals surface area (Å²) in [5.41, 5.74) is 0.626. The number of nitrogens with zero attached hydrogens (tertiary/aromatic N) is 1. The van der Waals surface area contributed by atoms with E-state index >= 15 is 0 Å². The van der Waals surface area contributed by atoms with Gasteiger partial charge in [-0.25, -0.2) is 0 Å². The van der Waals surface area contributed by atoms with Crippen LogP contribution in [0.4, 0.5) is 18.9 Å². The van der Waals surface area contributed by atoms with Crippen LogP contribution < -0.4 is 10.6 Å². The second-order valence-electron chi connectivity index (χ2n) is 3.76. The third kappa shape index (κ3) is 4.97. The second kappa shape index (κ2) is 6.56. The summed E-state index contributed by atoms with van der Waals surface area (Å²) in [5.74, 6) is -2.49. The van der Waals surface area contributed by atoms with Crippen LogP contribution in [0.5, 0.6) is 0 Å². The number of hydrogen-bond acceptors (Lipinski definition) is 3. The third-order valence-electron chi connectivity index (χ3n) is 2.20. The van der Waals surface area contributed by atoms with Crippen LogP contribution in [0, 0.1) is 11.3 Å².